The molecule has 34 heavy (non-hydrogen) atoms. The molecule has 2 saturated carbocycles. The van der Waals surface area contributed by atoms with E-state index in [1.54, 1.807) is 11.1 Å². The first-order chi connectivity index (χ1) is 16.2. The molecule has 4 aliphatic carbocycles. The normalized spacial score (nSPS) is 37.4. The molecule has 0 saturated heterocycles. The van der Waals surface area contributed by atoms with E-state index >= 15 is 0 Å². The van der Waals surface area contributed by atoms with Crippen molar-refractivity contribution in [3.8, 4) is 0 Å². The lowest BCUT2D eigenvalue weighted by Crippen LogP contribution is -2.50. The lowest BCUT2D eigenvalue weighted by atomic mass is 9.47. The van der Waals surface area contributed by atoms with Gasteiger partial charge < -0.3 is 4.74 Å². The summed E-state index contributed by atoms with van der Waals surface area (Å²) < 4.78 is 6.43. The van der Waals surface area contributed by atoms with Crippen molar-refractivity contribution in [3.05, 3.63) is 59.9 Å². The zero-order valence-electron chi connectivity index (χ0n) is 21.7. The largest absolute Gasteiger partial charge is 0.372 e. The Morgan fingerprint density at radius 2 is 1.74 bits per heavy atom. The molecule has 0 radical (unpaired) electrons. The summed E-state index contributed by atoms with van der Waals surface area (Å²) in [5, 5.41) is 2.54. The first-order valence-electron chi connectivity index (χ1n) is 13.6. The van der Waals surface area contributed by atoms with Gasteiger partial charge in [0.25, 0.3) is 0 Å². The highest BCUT2D eigenvalue weighted by atomic mass is 16.5. The van der Waals surface area contributed by atoms with Crippen LogP contribution in [0.15, 0.2) is 54.4 Å². The van der Waals surface area contributed by atoms with Crippen LogP contribution in [0.2, 0.25) is 0 Å². The van der Waals surface area contributed by atoms with Crippen LogP contribution in [0.1, 0.15) is 85.1 Å². The van der Waals surface area contributed by atoms with Gasteiger partial charge in [-0.2, -0.15) is 0 Å². The third-order valence-corrected chi connectivity index (χ3v) is 10.1. The Labute approximate surface area is 205 Å². The van der Waals surface area contributed by atoms with Crippen molar-refractivity contribution in [1.29, 1.82) is 0 Å². The number of pyridine rings is 1. The predicted molar refractivity (Wildman–Crippen MR) is 141 cm³/mol. The highest BCUT2D eigenvalue weighted by Crippen LogP contribution is 2.66. The Hall–Kier alpha value is -1.93. The highest BCUT2D eigenvalue weighted by molar-refractivity contribution is 5.86. The number of fused-ring (bicyclic) bond motifs is 6. The van der Waals surface area contributed by atoms with Crippen molar-refractivity contribution in [3.63, 3.8) is 0 Å². The lowest BCUT2D eigenvalue weighted by molar-refractivity contribution is -0.0894. The molecule has 2 aromatic rings. The summed E-state index contributed by atoms with van der Waals surface area (Å²) >= 11 is 0. The second-order valence-corrected chi connectivity index (χ2v) is 13.1. The summed E-state index contributed by atoms with van der Waals surface area (Å²) in [6.45, 7) is 11.8. The summed E-state index contributed by atoms with van der Waals surface area (Å²) in [5.41, 5.74) is 5.36. The van der Waals surface area contributed by atoms with Crippen LogP contribution in [0.3, 0.4) is 0 Å². The van der Waals surface area contributed by atoms with Gasteiger partial charge in [-0.1, -0.05) is 43.7 Å². The Bertz CT molecular complexity index is 1170. The molecule has 0 N–H and O–H groups in total. The topological polar surface area (TPSA) is 22.1 Å². The van der Waals surface area contributed by atoms with Crippen molar-refractivity contribution < 1.29 is 4.74 Å². The Kier molecular flexibility index (Phi) is 5.16. The zero-order valence-corrected chi connectivity index (χ0v) is 21.7. The average molecular weight is 456 g/mol. The minimum Gasteiger partial charge on any atom is -0.372 e. The average Bonchev–Trinajstić information content (AvgIpc) is 3.15. The molecule has 4 aliphatic rings. The van der Waals surface area contributed by atoms with E-state index < -0.39 is 0 Å². The minimum atomic E-state index is -0.0480. The number of rotatable bonds is 2. The van der Waals surface area contributed by atoms with Crippen molar-refractivity contribution in [2.24, 2.45) is 28.6 Å². The Morgan fingerprint density at radius 3 is 2.56 bits per heavy atom. The summed E-state index contributed by atoms with van der Waals surface area (Å²) in [6, 6.07) is 9.13. The van der Waals surface area contributed by atoms with Gasteiger partial charge in [-0.3, -0.25) is 4.98 Å². The Morgan fingerprint density at radius 1 is 0.912 bits per heavy atom. The molecule has 0 aliphatic heterocycles. The summed E-state index contributed by atoms with van der Waals surface area (Å²) in [6.07, 6.45) is 18.4. The molecule has 1 heterocycles. The summed E-state index contributed by atoms with van der Waals surface area (Å²) in [4.78, 5) is 4.37. The molecule has 2 fully saturated rings. The molecule has 0 unspecified atom stereocenters. The third kappa shape index (κ3) is 3.51. The minimum absolute atomic E-state index is 0.0480. The number of benzene rings is 1. The van der Waals surface area contributed by atoms with E-state index in [0.717, 1.165) is 24.2 Å². The standard InChI is InChI=1S/C32H41NO/c1-30(2,3)34-25-12-15-31(4)24(19-25)8-9-26-28-11-10-27(32(28,5)16-13-29(26)31)22-7-6-21-14-17-33-20-23(21)18-22/h6-8,10,14,17-18,20,25-26,28-29H,9,11-13,15-16,19H2,1-5H3/t25-,26-,28-,29-,31-,32+/m0/s1. The van der Waals surface area contributed by atoms with Crippen LogP contribution in [0.4, 0.5) is 0 Å². The molecular formula is C32H41NO. The number of aromatic nitrogens is 1. The predicted octanol–water partition coefficient (Wildman–Crippen LogP) is 8.37. The number of hydrogen-bond acceptors (Lipinski definition) is 2. The molecular weight excluding hydrogens is 414 g/mol. The number of hydrogen-bond donors (Lipinski definition) is 0. The summed E-state index contributed by atoms with van der Waals surface area (Å²) in [5.74, 6) is 2.40. The number of ether oxygens (including phenoxy) is 1. The molecule has 2 nitrogen and oxygen atoms in total. The van der Waals surface area contributed by atoms with Crippen LogP contribution in [0.25, 0.3) is 16.3 Å². The van der Waals surface area contributed by atoms with Crippen LogP contribution in [0.5, 0.6) is 0 Å². The van der Waals surface area contributed by atoms with Gasteiger partial charge >= 0.3 is 0 Å². The fourth-order valence-corrected chi connectivity index (χ4v) is 8.50. The number of nitrogens with zero attached hydrogens (tertiary/aromatic N) is 1. The second-order valence-electron chi connectivity index (χ2n) is 13.1. The smallest absolute Gasteiger partial charge is 0.0619 e. The van der Waals surface area contributed by atoms with E-state index in [2.05, 4.69) is 76.0 Å². The van der Waals surface area contributed by atoms with Gasteiger partial charge in [-0.15, -0.1) is 0 Å². The summed E-state index contributed by atoms with van der Waals surface area (Å²) in [7, 11) is 0. The van der Waals surface area contributed by atoms with Gasteiger partial charge in [0.2, 0.25) is 0 Å². The van der Waals surface area contributed by atoms with Crippen LogP contribution in [-0.2, 0) is 4.74 Å². The van der Waals surface area contributed by atoms with Gasteiger partial charge in [0.15, 0.2) is 0 Å². The van der Waals surface area contributed by atoms with Gasteiger partial charge in [-0.05, 0) is 123 Å². The van der Waals surface area contributed by atoms with Gasteiger partial charge in [0.1, 0.15) is 0 Å². The maximum Gasteiger partial charge on any atom is 0.0619 e. The van der Waals surface area contributed by atoms with E-state index in [9.17, 15) is 0 Å². The molecule has 0 spiro atoms. The van der Waals surface area contributed by atoms with Crippen molar-refractivity contribution in [1.82, 2.24) is 4.98 Å². The first kappa shape index (κ1) is 22.5. The van der Waals surface area contributed by atoms with Gasteiger partial charge in [0.05, 0.1) is 11.7 Å². The second kappa shape index (κ2) is 7.79. The molecule has 180 valence electrons. The lowest BCUT2D eigenvalue weighted by Gasteiger charge is -2.58. The van der Waals surface area contributed by atoms with Crippen LogP contribution in [-0.4, -0.2) is 16.7 Å². The number of allylic oxidation sites excluding steroid dienone is 3. The molecule has 1 aromatic carbocycles. The van der Waals surface area contributed by atoms with Crippen LogP contribution >= 0.6 is 0 Å². The molecule has 2 heteroatoms. The highest BCUT2D eigenvalue weighted by Gasteiger charge is 2.57. The van der Waals surface area contributed by atoms with E-state index in [4.69, 9.17) is 4.74 Å². The molecule has 0 bridgehead atoms. The molecule has 1 aromatic heterocycles. The molecule has 0 amide bonds. The van der Waals surface area contributed by atoms with E-state index in [0.29, 0.717) is 16.9 Å². The SMILES string of the molecule is CC(C)(C)O[C@H]1CC[C@@]2(C)C(=CC[C@@H]3[C@@H]2CC[C@]2(C)C(c4ccc5ccncc5c4)=CC[C@@H]32)C1. The maximum absolute atomic E-state index is 6.43. The Balaban J connectivity index is 1.26. The van der Waals surface area contributed by atoms with Crippen LogP contribution < -0.4 is 0 Å². The van der Waals surface area contributed by atoms with Crippen molar-refractivity contribution in [2.75, 3.05) is 0 Å². The van der Waals surface area contributed by atoms with E-state index in [1.165, 1.54) is 54.9 Å². The quantitative estimate of drug-likeness (QED) is 0.424. The van der Waals surface area contributed by atoms with Gasteiger partial charge in [-0.25, -0.2) is 0 Å². The maximum atomic E-state index is 6.43. The van der Waals surface area contributed by atoms with Crippen molar-refractivity contribution in [2.45, 2.75) is 91.3 Å². The fraction of sp³-hybridized carbons (Fsp3) is 0.594. The van der Waals surface area contributed by atoms with E-state index in [-0.39, 0.29) is 5.60 Å². The van der Waals surface area contributed by atoms with Gasteiger partial charge in [0, 0.05) is 17.8 Å². The van der Waals surface area contributed by atoms with Crippen molar-refractivity contribution >= 4 is 16.3 Å². The molecule has 6 rings (SSSR count). The van der Waals surface area contributed by atoms with E-state index in [1.807, 2.05) is 12.4 Å². The fourth-order valence-electron chi connectivity index (χ4n) is 8.50. The molecule has 6 atom stereocenters. The first-order valence-corrected chi connectivity index (χ1v) is 13.6. The zero-order chi connectivity index (χ0) is 23.7. The van der Waals surface area contributed by atoms with Crippen LogP contribution in [0, 0.1) is 28.6 Å². The monoisotopic (exact) mass is 455 g/mol. The third-order valence-electron chi connectivity index (χ3n) is 10.1.